The molecule has 0 amide bonds. The molecule has 0 saturated heterocycles. The molecule has 2 aromatic carbocycles. The molecule has 0 aliphatic carbocycles. The summed E-state index contributed by atoms with van der Waals surface area (Å²) in [5.41, 5.74) is 3.19. The van der Waals surface area contributed by atoms with Crippen LogP contribution < -0.4 is 9.47 Å². The first-order valence-corrected chi connectivity index (χ1v) is 12.3. The number of aliphatic carboxylic acids is 1. The normalized spacial score (nSPS) is 10.9. The first kappa shape index (κ1) is 27.2. The van der Waals surface area contributed by atoms with E-state index in [2.05, 4.69) is 22.0 Å². The Morgan fingerprint density at radius 3 is 2.52 bits per heavy atom. The molecule has 2 N–H and O–H groups in total. The van der Waals surface area contributed by atoms with Crippen molar-refractivity contribution in [3.63, 3.8) is 0 Å². The minimum atomic E-state index is -0.814. The number of halogens is 1. The van der Waals surface area contributed by atoms with Crippen LogP contribution in [-0.4, -0.2) is 43.1 Å². The molecule has 0 aliphatic heterocycles. The van der Waals surface area contributed by atoms with E-state index in [0.717, 1.165) is 64.8 Å². The summed E-state index contributed by atoms with van der Waals surface area (Å²) in [7, 11) is 1.68. The van der Waals surface area contributed by atoms with Crippen LogP contribution >= 0.6 is 15.9 Å². The third-order valence-corrected chi connectivity index (χ3v) is 5.69. The van der Waals surface area contributed by atoms with Gasteiger partial charge < -0.3 is 24.4 Å². The number of carboxylic acid groups (broad SMARTS) is 1. The molecular formula is C26H35BrO6. The SMILES string of the molecule is COCc1cc(Br)cc(OCCCCCCc2cccc(OCCCO)c2CCC(=O)O)c1. The Bertz CT molecular complexity index is 855. The summed E-state index contributed by atoms with van der Waals surface area (Å²) in [5.74, 6) is 0.765. The molecule has 0 unspecified atom stereocenters. The molecule has 0 spiro atoms. The minimum absolute atomic E-state index is 0.0731. The standard InChI is InChI=1S/C26H35BrO6/c1-31-19-20-16-22(27)18-23(17-20)32-14-5-3-2-4-8-21-9-6-10-25(33-15-7-13-28)24(21)11-12-26(29)30/h6,9-10,16-18,28H,2-5,7-8,11-15,19H2,1H3,(H,29,30). The lowest BCUT2D eigenvalue weighted by Crippen LogP contribution is -2.07. The number of carbonyl (C=O) groups is 1. The average molecular weight is 523 g/mol. The Kier molecular flexibility index (Phi) is 12.9. The summed E-state index contributed by atoms with van der Waals surface area (Å²) in [6.07, 6.45) is 6.10. The van der Waals surface area contributed by atoms with Crippen LogP contribution in [0.5, 0.6) is 11.5 Å². The monoisotopic (exact) mass is 522 g/mol. The molecule has 0 radical (unpaired) electrons. The van der Waals surface area contributed by atoms with Crippen molar-refractivity contribution in [1.29, 1.82) is 0 Å². The number of aliphatic hydroxyl groups excluding tert-OH is 1. The molecular weight excluding hydrogens is 488 g/mol. The van der Waals surface area contributed by atoms with E-state index in [1.54, 1.807) is 7.11 Å². The zero-order chi connectivity index (χ0) is 23.9. The Hall–Kier alpha value is -2.09. The van der Waals surface area contributed by atoms with Crippen LogP contribution in [0.2, 0.25) is 0 Å². The van der Waals surface area contributed by atoms with Gasteiger partial charge in [-0.25, -0.2) is 0 Å². The highest BCUT2D eigenvalue weighted by Gasteiger charge is 2.12. The second kappa shape index (κ2) is 15.7. The Morgan fingerprint density at radius 2 is 1.76 bits per heavy atom. The highest BCUT2D eigenvalue weighted by Crippen LogP contribution is 2.26. The zero-order valence-electron chi connectivity index (χ0n) is 19.4. The van der Waals surface area contributed by atoms with Crippen molar-refractivity contribution < 1.29 is 29.2 Å². The second-order valence-electron chi connectivity index (χ2n) is 7.95. The quantitative estimate of drug-likeness (QED) is 0.264. The molecule has 7 heteroatoms. The molecule has 2 rings (SSSR count). The van der Waals surface area contributed by atoms with Gasteiger partial charge in [0.15, 0.2) is 0 Å². The van der Waals surface area contributed by atoms with Crippen LogP contribution in [0.1, 0.15) is 55.2 Å². The van der Waals surface area contributed by atoms with Crippen LogP contribution in [-0.2, 0) is 29.0 Å². The lowest BCUT2D eigenvalue weighted by Gasteiger charge is -2.15. The van der Waals surface area contributed by atoms with Gasteiger partial charge in [-0.2, -0.15) is 0 Å². The number of rotatable bonds is 17. The number of ether oxygens (including phenoxy) is 3. The number of benzene rings is 2. The predicted octanol–water partition coefficient (Wildman–Crippen LogP) is 5.56. The van der Waals surface area contributed by atoms with E-state index in [0.29, 0.717) is 32.7 Å². The van der Waals surface area contributed by atoms with E-state index < -0.39 is 5.97 Å². The molecule has 6 nitrogen and oxygen atoms in total. The maximum atomic E-state index is 11.1. The maximum absolute atomic E-state index is 11.1. The highest BCUT2D eigenvalue weighted by atomic mass is 79.9. The highest BCUT2D eigenvalue weighted by molar-refractivity contribution is 9.10. The van der Waals surface area contributed by atoms with E-state index in [-0.39, 0.29) is 13.0 Å². The van der Waals surface area contributed by atoms with E-state index in [1.807, 2.05) is 30.3 Å². The van der Waals surface area contributed by atoms with Gasteiger partial charge in [0.05, 0.1) is 19.8 Å². The number of aryl methyl sites for hydroxylation is 1. The van der Waals surface area contributed by atoms with Gasteiger partial charge in [0, 0.05) is 31.0 Å². The van der Waals surface area contributed by atoms with Gasteiger partial charge in [0.25, 0.3) is 0 Å². The van der Waals surface area contributed by atoms with Gasteiger partial charge in [-0.15, -0.1) is 0 Å². The third kappa shape index (κ3) is 10.6. The number of hydrogen-bond donors (Lipinski definition) is 2. The molecule has 0 bridgehead atoms. The molecule has 33 heavy (non-hydrogen) atoms. The van der Waals surface area contributed by atoms with Gasteiger partial charge in [-0.3, -0.25) is 4.79 Å². The van der Waals surface area contributed by atoms with E-state index in [4.69, 9.17) is 24.4 Å². The van der Waals surface area contributed by atoms with Gasteiger partial charge in [0.2, 0.25) is 0 Å². The van der Waals surface area contributed by atoms with Crippen molar-refractivity contribution in [3.05, 3.63) is 57.6 Å². The van der Waals surface area contributed by atoms with Crippen LogP contribution in [0.15, 0.2) is 40.9 Å². The summed E-state index contributed by atoms with van der Waals surface area (Å²) < 4.78 is 17.9. The van der Waals surface area contributed by atoms with Crippen molar-refractivity contribution in [2.45, 2.75) is 58.0 Å². The number of methoxy groups -OCH3 is 1. The van der Waals surface area contributed by atoms with Crippen LogP contribution in [0.4, 0.5) is 0 Å². The maximum Gasteiger partial charge on any atom is 0.303 e. The van der Waals surface area contributed by atoms with Crippen molar-refractivity contribution in [2.75, 3.05) is 26.9 Å². The van der Waals surface area contributed by atoms with Crippen LogP contribution in [0.25, 0.3) is 0 Å². The summed E-state index contributed by atoms with van der Waals surface area (Å²) in [6.45, 7) is 1.72. The molecule has 0 fully saturated rings. The topological polar surface area (TPSA) is 85.2 Å². The number of carboxylic acids is 1. The lowest BCUT2D eigenvalue weighted by atomic mass is 9.97. The Labute approximate surface area is 205 Å². The second-order valence-corrected chi connectivity index (χ2v) is 8.87. The van der Waals surface area contributed by atoms with Gasteiger partial charge in [0.1, 0.15) is 11.5 Å². The van der Waals surface area contributed by atoms with Crippen molar-refractivity contribution in [1.82, 2.24) is 0 Å². The molecule has 0 heterocycles. The molecule has 0 saturated carbocycles. The van der Waals surface area contributed by atoms with Crippen LogP contribution in [0, 0.1) is 0 Å². The fraction of sp³-hybridized carbons (Fsp3) is 0.500. The van der Waals surface area contributed by atoms with Gasteiger partial charge in [-0.1, -0.05) is 40.9 Å². The van der Waals surface area contributed by atoms with Crippen LogP contribution in [0.3, 0.4) is 0 Å². The first-order chi connectivity index (χ1) is 16.0. The van der Waals surface area contributed by atoms with E-state index >= 15 is 0 Å². The number of aliphatic hydroxyl groups is 1. The van der Waals surface area contributed by atoms with Crippen molar-refractivity contribution in [2.24, 2.45) is 0 Å². The van der Waals surface area contributed by atoms with Crippen molar-refractivity contribution in [3.8, 4) is 11.5 Å². The predicted molar refractivity (Wildman–Crippen MR) is 132 cm³/mol. The van der Waals surface area contributed by atoms with E-state index in [9.17, 15) is 4.79 Å². The minimum Gasteiger partial charge on any atom is -0.494 e. The lowest BCUT2D eigenvalue weighted by molar-refractivity contribution is -0.136. The Balaban J connectivity index is 1.79. The zero-order valence-corrected chi connectivity index (χ0v) is 20.9. The smallest absolute Gasteiger partial charge is 0.303 e. The van der Waals surface area contributed by atoms with Crippen molar-refractivity contribution >= 4 is 21.9 Å². The third-order valence-electron chi connectivity index (χ3n) is 5.23. The van der Waals surface area contributed by atoms with Gasteiger partial charge in [-0.05, 0) is 66.6 Å². The largest absolute Gasteiger partial charge is 0.494 e. The van der Waals surface area contributed by atoms with Gasteiger partial charge >= 0.3 is 5.97 Å². The molecule has 0 atom stereocenters. The number of hydrogen-bond acceptors (Lipinski definition) is 5. The first-order valence-electron chi connectivity index (χ1n) is 11.5. The van der Waals surface area contributed by atoms with E-state index in [1.165, 1.54) is 0 Å². The molecule has 2 aromatic rings. The fourth-order valence-corrected chi connectivity index (χ4v) is 4.18. The molecule has 182 valence electrons. The Morgan fingerprint density at radius 1 is 0.970 bits per heavy atom. The fourth-order valence-electron chi connectivity index (χ4n) is 3.66. The average Bonchev–Trinajstić information content (AvgIpc) is 2.77. The molecule has 0 aliphatic rings. The number of unbranched alkanes of at least 4 members (excludes halogenated alkanes) is 3. The summed E-state index contributed by atoms with van der Waals surface area (Å²) in [5, 5.41) is 18.1. The summed E-state index contributed by atoms with van der Waals surface area (Å²) in [4.78, 5) is 11.1. The summed E-state index contributed by atoms with van der Waals surface area (Å²) in [6, 6.07) is 11.9. The summed E-state index contributed by atoms with van der Waals surface area (Å²) >= 11 is 3.51. The molecule has 0 aromatic heterocycles.